The third-order valence-electron chi connectivity index (χ3n) is 3.76. The topological polar surface area (TPSA) is 31.9 Å². The standard InChI is InChI=1S/C10H15N3/c1-13-7-2-3-9(13)8(6-7)10-11-4-5-12-10/h4-5,7-9H,2-3,6H2,1H3,(H,11,12). The summed E-state index contributed by atoms with van der Waals surface area (Å²) in [7, 11) is 2.26. The zero-order valence-electron chi connectivity index (χ0n) is 7.90. The number of H-pyrrole nitrogens is 1. The van der Waals surface area contributed by atoms with Crippen molar-refractivity contribution in [2.24, 2.45) is 0 Å². The van der Waals surface area contributed by atoms with E-state index < -0.39 is 0 Å². The molecule has 0 amide bonds. The Bertz CT molecular complexity index is 293. The number of hydrogen-bond acceptors (Lipinski definition) is 2. The van der Waals surface area contributed by atoms with Gasteiger partial charge in [-0.3, -0.25) is 4.90 Å². The second-order valence-electron chi connectivity index (χ2n) is 4.28. The van der Waals surface area contributed by atoms with E-state index in [1.54, 1.807) is 0 Å². The van der Waals surface area contributed by atoms with E-state index in [0.717, 1.165) is 12.1 Å². The number of aromatic nitrogens is 2. The molecule has 1 aromatic heterocycles. The Hall–Kier alpha value is -0.830. The second kappa shape index (κ2) is 2.58. The third kappa shape index (κ3) is 0.967. The van der Waals surface area contributed by atoms with Gasteiger partial charge in [0.25, 0.3) is 0 Å². The van der Waals surface area contributed by atoms with Gasteiger partial charge in [0, 0.05) is 30.4 Å². The summed E-state index contributed by atoms with van der Waals surface area (Å²) in [6.45, 7) is 0. The van der Waals surface area contributed by atoms with Gasteiger partial charge in [-0.25, -0.2) is 4.98 Å². The van der Waals surface area contributed by atoms with E-state index in [2.05, 4.69) is 21.9 Å². The minimum absolute atomic E-state index is 0.666. The fraction of sp³-hybridized carbons (Fsp3) is 0.700. The molecule has 3 rings (SSSR count). The number of rotatable bonds is 1. The average molecular weight is 177 g/mol. The summed E-state index contributed by atoms with van der Waals surface area (Å²) in [5.41, 5.74) is 0. The Kier molecular flexibility index (Phi) is 1.50. The number of nitrogens with zero attached hydrogens (tertiary/aromatic N) is 2. The van der Waals surface area contributed by atoms with Crippen molar-refractivity contribution in [2.45, 2.75) is 37.3 Å². The summed E-state index contributed by atoms with van der Waals surface area (Å²) in [6, 6.07) is 1.57. The monoisotopic (exact) mass is 177 g/mol. The molecule has 2 bridgehead atoms. The normalized spacial score (nSPS) is 38.7. The summed E-state index contributed by atoms with van der Waals surface area (Å²) < 4.78 is 0. The van der Waals surface area contributed by atoms with Gasteiger partial charge in [0.1, 0.15) is 5.82 Å². The van der Waals surface area contributed by atoms with E-state index in [9.17, 15) is 0 Å². The van der Waals surface area contributed by atoms with Crippen molar-refractivity contribution in [3.05, 3.63) is 18.2 Å². The van der Waals surface area contributed by atoms with E-state index in [0.29, 0.717) is 5.92 Å². The van der Waals surface area contributed by atoms with Crippen LogP contribution in [0.3, 0.4) is 0 Å². The minimum atomic E-state index is 0.666. The lowest BCUT2D eigenvalue weighted by Crippen LogP contribution is -2.25. The van der Waals surface area contributed by atoms with E-state index in [4.69, 9.17) is 0 Å². The van der Waals surface area contributed by atoms with Crippen molar-refractivity contribution in [2.75, 3.05) is 7.05 Å². The second-order valence-corrected chi connectivity index (χ2v) is 4.28. The molecule has 3 nitrogen and oxygen atoms in total. The van der Waals surface area contributed by atoms with Crippen LogP contribution >= 0.6 is 0 Å². The van der Waals surface area contributed by atoms with Crippen LogP contribution in [-0.2, 0) is 0 Å². The predicted molar refractivity (Wildman–Crippen MR) is 50.5 cm³/mol. The van der Waals surface area contributed by atoms with Crippen LogP contribution in [0.1, 0.15) is 31.0 Å². The van der Waals surface area contributed by atoms with Gasteiger partial charge in [0.05, 0.1) is 0 Å². The van der Waals surface area contributed by atoms with Crippen molar-refractivity contribution in [1.29, 1.82) is 0 Å². The summed E-state index contributed by atoms with van der Waals surface area (Å²) in [6.07, 6.45) is 7.84. The van der Waals surface area contributed by atoms with Crippen molar-refractivity contribution in [1.82, 2.24) is 14.9 Å². The maximum atomic E-state index is 4.37. The van der Waals surface area contributed by atoms with Gasteiger partial charge in [-0.05, 0) is 26.3 Å². The number of likely N-dealkylation sites (N-methyl/N-ethyl adjacent to an activating group) is 1. The molecule has 3 heterocycles. The number of fused-ring (bicyclic) bond motifs is 2. The Labute approximate surface area is 78.2 Å². The van der Waals surface area contributed by atoms with Crippen molar-refractivity contribution < 1.29 is 0 Å². The van der Waals surface area contributed by atoms with Gasteiger partial charge < -0.3 is 4.98 Å². The highest BCUT2D eigenvalue weighted by atomic mass is 15.2. The van der Waals surface area contributed by atoms with Crippen LogP contribution in [0.25, 0.3) is 0 Å². The first-order chi connectivity index (χ1) is 6.36. The van der Waals surface area contributed by atoms with Crippen LogP contribution in [-0.4, -0.2) is 34.0 Å². The molecule has 0 aliphatic carbocycles. The number of nitrogens with one attached hydrogen (secondary N) is 1. The van der Waals surface area contributed by atoms with Crippen molar-refractivity contribution >= 4 is 0 Å². The number of hydrogen-bond donors (Lipinski definition) is 1. The van der Waals surface area contributed by atoms with Gasteiger partial charge in [-0.2, -0.15) is 0 Å². The molecular weight excluding hydrogens is 162 g/mol. The molecule has 13 heavy (non-hydrogen) atoms. The summed E-state index contributed by atoms with van der Waals surface area (Å²) >= 11 is 0. The molecule has 0 spiro atoms. The Morgan fingerprint density at radius 1 is 1.54 bits per heavy atom. The van der Waals surface area contributed by atoms with Crippen LogP contribution in [0.2, 0.25) is 0 Å². The minimum Gasteiger partial charge on any atom is -0.348 e. The largest absolute Gasteiger partial charge is 0.348 e. The molecule has 1 N–H and O–H groups in total. The van der Waals surface area contributed by atoms with Crippen LogP contribution in [0.15, 0.2) is 12.4 Å². The Morgan fingerprint density at radius 2 is 2.46 bits per heavy atom. The average Bonchev–Trinajstić information content (AvgIpc) is 2.82. The van der Waals surface area contributed by atoms with Crippen LogP contribution in [0.5, 0.6) is 0 Å². The number of imidazole rings is 1. The van der Waals surface area contributed by atoms with E-state index in [1.807, 2.05) is 12.4 Å². The molecule has 2 aliphatic heterocycles. The maximum Gasteiger partial charge on any atom is 0.110 e. The highest BCUT2D eigenvalue weighted by Gasteiger charge is 2.45. The van der Waals surface area contributed by atoms with E-state index in [1.165, 1.54) is 25.1 Å². The van der Waals surface area contributed by atoms with E-state index in [-0.39, 0.29) is 0 Å². The first-order valence-corrected chi connectivity index (χ1v) is 5.07. The molecule has 0 aromatic carbocycles. The highest BCUT2D eigenvalue weighted by molar-refractivity contribution is 5.12. The molecule has 70 valence electrons. The van der Waals surface area contributed by atoms with Crippen molar-refractivity contribution in [3.8, 4) is 0 Å². The van der Waals surface area contributed by atoms with Crippen LogP contribution in [0.4, 0.5) is 0 Å². The third-order valence-corrected chi connectivity index (χ3v) is 3.76. The van der Waals surface area contributed by atoms with Gasteiger partial charge >= 0.3 is 0 Å². The SMILES string of the molecule is CN1C2CCC1C(c1ncc[nH]1)C2. The summed E-state index contributed by atoms with van der Waals surface area (Å²) in [4.78, 5) is 10.2. The van der Waals surface area contributed by atoms with Crippen LogP contribution in [0, 0.1) is 0 Å². The molecule has 1 aromatic rings. The maximum absolute atomic E-state index is 4.37. The molecule has 3 heteroatoms. The zero-order valence-corrected chi connectivity index (χ0v) is 7.90. The van der Waals surface area contributed by atoms with E-state index >= 15 is 0 Å². The highest BCUT2D eigenvalue weighted by Crippen LogP contribution is 2.44. The lowest BCUT2D eigenvalue weighted by Gasteiger charge is -2.19. The van der Waals surface area contributed by atoms with Gasteiger partial charge in [0.15, 0.2) is 0 Å². The van der Waals surface area contributed by atoms with Gasteiger partial charge in [0.2, 0.25) is 0 Å². The Balaban J connectivity index is 1.89. The van der Waals surface area contributed by atoms with Crippen molar-refractivity contribution in [3.63, 3.8) is 0 Å². The predicted octanol–water partition coefficient (Wildman–Crippen LogP) is 1.36. The number of aromatic amines is 1. The molecule has 2 saturated heterocycles. The quantitative estimate of drug-likeness (QED) is 0.702. The molecule has 0 radical (unpaired) electrons. The zero-order chi connectivity index (χ0) is 8.84. The molecule has 2 fully saturated rings. The first-order valence-electron chi connectivity index (χ1n) is 5.07. The lowest BCUT2D eigenvalue weighted by atomic mass is 9.89. The van der Waals surface area contributed by atoms with Crippen LogP contribution < -0.4 is 0 Å². The molecule has 0 saturated carbocycles. The van der Waals surface area contributed by atoms with Gasteiger partial charge in [-0.1, -0.05) is 0 Å². The first kappa shape index (κ1) is 7.56. The molecular formula is C10H15N3. The summed E-state index contributed by atoms with van der Waals surface area (Å²) in [5, 5.41) is 0. The molecule has 2 aliphatic rings. The fourth-order valence-electron chi connectivity index (χ4n) is 3.03. The lowest BCUT2D eigenvalue weighted by molar-refractivity contribution is 0.306. The smallest absolute Gasteiger partial charge is 0.110 e. The molecule has 3 atom stereocenters. The fourth-order valence-corrected chi connectivity index (χ4v) is 3.03. The Morgan fingerprint density at radius 3 is 3.00 bits per heavy atom. The van der Waals surface area contributed by atoms with Gasteiger partial charge in [-0.15, -0.1) is 0 Å². The molecule has 3 unspecified atom stereocenters. The summed E-state index contributed by atoms with van der Waals surface area (Å²) in [5.74, 6) is 1.86.